The van der Waals surface area contributed by atoms with Crippen molar-refractivity contribution in [1.29, 1.82) is 0 Å². The zero-order valence-electron chi connectivity index (χ0n) is 14.1. The van der Waals surface area contributed by atoms with Gasteiger partial charge in [-0.25, -0.2) is 4.90 Å². The van der Waals surface area contributed by atoms with Crippen molar-refractivity contribution >= 4 is 40.8 Å². The lowest BCUT2D eigenvalue weighted by Gasteiger charge is -2.15. The molecule has 0 N–H and O–H groups in total. The summed E-state index contributed by atoms with van der Waals surface area (Å²) in [4.78, 5) is 43.0. The molecule has 27 heavy (non-hydrogen) atoms. The number of nitrogens with zero attached hydrogens (tertiary/aromatic N) is 2. The number of carbonyl (C=O) groups excluding carboxylic acids is 3. The van der Waals surface area contributed by atoms with Gasteiger partial charge in [-0.15, -0.1) is 0 Å². The first-order valence-corrected chi connectivity index (χ1v) is 8.49. The highest BCUT2D eigenvalue weighted by Gasteiger charge is 2.56. The average molecular weight is 385 g/mol. The molecule has 2 unspecified atom stereocenters. The van der Waals surface area contributed by atoms with E-state index in [1.54, 1.807) is 24.3 Å². The number of carbonyl (C=O) groups is 3. The predicted molar refractivity (Wildman–Crippen MR) is 96.6 cm³/mol. The summed E-state index contributed by atoms with van der Waals surface area (Å²) >= 11 is 5.90. The van der Waals surface area contributed by atoms with Crippen LogP contribution in [0.5, 0.6) is 5.75 Å². The van der Waals surface area contributed by atoms with Gasteiger partial charge in [0, 0.05) is 17.5 Å². The fourth-order valence-electron chi connectivity index (χ4n) is 3.12. The Balaban J connectivity index is 1.62. The van der Waals surface area contributed by atoms with Crippen molar-refractivity contribution < 1.29 is 24.0 Å². The Morgan fingerprint density at radius 2 is 1.74 bits per heavy atom. The minimum absolute atomic E-state index is 0.324. The number of benzene rings is 2. The van der Waals surface area contributed by atoms with E-state index in [0.717, 1.165) is 4.90 Å². The van der Waals surface area contributed by atoms with E-state index in [1.807, 2.05) is 0 Å². The van der Waals surface area contributed by atoms with E-state index in [-0.39, 0.29) is 0 Å². The number of halogens is 1. The summed E-state index contributed by atoms with van der Waals surface area (Å²) in [5, 5.41) is 4.50. The molecule has 0 saturated carbocycles. The Kier molecular flexibility index (Phi) is 4.16. The molecular weight excluding hydrogens is 372 g/mol. The quantitative estimate of drug-likeness (QED) is 0.461. The smallest absolute Gasteiger partial charge is 0.308 e. The van der Waals surface area contributed by atoms with E-state index in [4.69, 9.17) is 21.2 Å². The summed E-state index contributed by atoms with van der Waals surface area (Å²) in [5.74, 6) is -1.85. The summed E-state index contributed by atoms with van der Waals surface area (Å²) in [6.45, 7) is 1.29. The number of amides is 2. The standard InChI is InChI=1S/C19H13ClN2O5/c1-10(23)26-14-8-6-13(7-9-14)22-18(24)15-16(21-27-17(15)19(22)25)11-2-4-12(20)5-3-11/h2-9,15,17H,1H3. The number of oxime groups is 1. The van der Waals surface area contributed by atoms with E-state index >= 15 is 0 Å². The number of imide groups is 1. The molecule has 0 radical (unpaired) electrons. The molecule has 8 heteroatoms. The van der Waals surface area contributed by atoms with Crippen LogP contribution >= 0.6 is 11.6 Å². The normalized spacial score (nSPS) is 21.0. The molecule has 7 nitrogen and oxygen atoms in total. The highest BCUT2D eigenvalue weighted by molar-refractivity contribution is 6.33. The van der Waals surface area contributed by atoms with Gasteiger partial charge < -0.3 is 9.57 Å². The SMILES string of the molecule is CC(=O)Oc1ccc(N2C(=O)C3ON=C(c4ccc(Cl)cc4)C3C2=O)cc1. The molecule has 1 fully saturated rings. The molecule has 2 aliphatic rings. The number of hydrogen-bond acceptors (Lipinski definition) is 6. The van der Waals surface area contributed by atoms with Gasteiger partial charge in [-0.3, -0.25) is 14.4 Å². The maximum absolute atomic E-state index is 12.9. The molecule has 2 amide bonds. The Hall–Kier alpha value is -3.19. The van der Waals surface area contributed by atoms with Crippen LogP contribution in [0.3, 0.4) is 0 Å². The minimum Gasteiger partial charge on any atom is -0.427 e. The van der Waals surface area contributed by atoms with E-state index in [2.05, 4.69) is 5.16 Å². The molecule has 2 aliphatic heterocycles. The first kappa shape index (κ1) is 17.2. The molecule has 0 spiro atoms. The zero-order chi connectivity index (χ0) is 19.1. The Morgan fingerprint density at radius 1 is 1.07 bits per heavy atom. The summed E-state index contributed by atoms with van der Waals surface area (Å²) in [6.07, 6.45) is -0.990. The van der Waals surface area contributed by atoms with Crippen molar-refractivity contribution in [3.63, 3.8) is 0 Å². The molecule has 4 rings (SSSR count). The second-order valence-corrected chi connectivity index (χ2v) is 6.52. The summed E-state index contributed by atoms with van der Waals surface area (Å²) < 4.78 is 4.96. The molecule has 136 valence electrons. The lowest BCUT2D eigenvalue weighted by molar-refractivity contribution is -0.132. The van der Waals surface area contributed by atoms with Crippen LogP contribution in [-0.4, -0.2) is 29.6 Å². The van der Waals surface area contributed by atoms with Gasteiger partial charge in [0.2, 0.25) is 12.0 Å². The maximum atomic E-state index is 12.9. The molecule has 0 aliphatic carbocycles. The molecule has 0 bridgehead atoms. The fraction of sp³-hybridized carbons (Fsp3) is 0.158. The van der Waals surface area contributed by atoms with E-state index < -0.39 is 29.8 Å². The molecular formula is C19H13ClN2O5. The maximum Gasteiger partial charge on any atom is 0.308 e. The first-order valence-electron chi connectivity index (χ1n) is 8.11. The summed E-state index contributed by atoms with van der Waals surface area (Å²) in [7, 11) is 0. The van der Waals surface area contributed by atoms with Crippen LogP contribution in [0.4, 0.5) is 5.69 Å². The molecule has 0 aromatic heterocycles. The van der Waals surface area contributed by atoms with Crippen molar-refractivity contribution in [1.82, 2.24) is 0 Å². The third kappa shape index (κ3) is 2.96. The van der Waals surface area contributed by atoms with Crippen LogP contribution in [0.25, 0.3) is 0 Å². The van der Waals surface area contributed by atoms with Gasteiger partial charge in [0.15, 0.2) is 0 Å². The summed E-state index contributed by atoms with van der Waals surface area (Å²) in [5.41, 5.74) is 1.43. The fourth-order valence-corrected chi connectivity index (χ4v) is 3.25. The van der Waals surface area contributed by atoms with Gasteiger partial charge in [-0.2, -0.15) is 0 Å². The molecule has 1 saturated heterocycles. The first-order chi connectivity index (χ1) is 13.0. The highest BCUT2D eigenvalue weighted by atomic mass is 35.5. The van der Waals surface area contributed by atoms with Crippen molar-refractivity contribution in [3.05, 3.63) is 59.1 Å². The largest absolute Gasteiger partial charge is 0.427 e. The number of ether oxygens (including phenoxy) is 1. The number of rotatable bonds is 3. The van der Waals surface area contributed by atoms with Gasteiger partial charge in [-0.1, -0.05) is 28.9 Å². The highest BCUT2D eigenvalue weighted by Crippen LogP contribution is 2.35. The minimum atomic E-state index is -0.990. The number of hydrogen-bond donors (Lipinski definition) is 0. The lowest BCUT2D eigenvalue weighted by Crippen LogP contribution is -2.33. The topological polar surface area (TPSA) is 85.3 Å². The van der Waals surface area contributed by atoms with Crippen LogP contribution in [0.15, 0.2) is 53.7 Å². The van der Waals surface area contributed by atoms with Gasteiger partial charge in [0.25, 0.3) is 5.91 Å². The van der Waals surface area contributed by atoms with Crippen molar-refractivity contribution in [2.75, 3.05) is 4.90 Å². The summed E-state index contributed by atoms with van der Waals surface area (Å²) in [6, 6.07) is 12.9. The molecule has 2 atom stereocenters. The molecule has 2 heterocycles. The third-order valence-electron chi connectivity index (χ3n) is 4.31. The second kappa shape index (κ2) is 6.51. The van der Waals surface area contributed by atoms with Crippen LogP contribution in [0, 0.1) is 5.92 Å². The lowest BCUT2D eigenvalue weighted by atomic mass is 9.94. The zero-order valence-corrected chi connectivity index (χ0v) is 14.8. The molecule has 2 aromatic carbocycles. The Labute approximate surface area is 159 Å². The van der Waals surface area contributed by atoms with E-state index in [0.29, 0.717) is 27.7 Å². The van der Waals surface area contributed by atoms with E-state index in [9.17, 15) is 14.4 Å². The van der Waals surface area contributed by atoms with Gasteiger partial charge in [0.05, 0.1) is 5.69 Å². The number of fused-ring (bicyclic) bond motifs is 1. The number of anilines is 1. The van der Waals surface area contributed by atoms with Gasteiger partial charge in [-0.05, 0) is 36.4 Å². The second-order valence-electron chi connectivity index (χ2n) is 6.09. The Morgan fingerprint density at radius 3 is 2.37 bits per heavy atom. The van der Waals surface area contributed by atoms with Crippen LogP contribution in [-0.2, 0) is 19.2 Å². The van der Waals surface area contributed by atoms with Gasteiger partial charge in [0.1, 0.15) is 17.4 Å². The van der Waals surface area contributed by atoms with Crippen molar-refractivity contribution in [3.8, 4) is 5.75 Å². The van der Waals surface area contributed by atoms with Crippen LogP contribution in [0.2, 0.25) is 5.02 Å². The average Bonchev–Trinajstić information content (AvgIpc) is 3.17. The van der Waals surface area contributed by atoms with Crippen molar-refractivity contribution in [2.24, 2.45) is 11.1 Å². The molecule has 2 aromatic rings. The van der Waals surface area contributed by atoms with Crippen LogP contribution in [0.1, 0.15) is 12.5 Å². The Bertz CT molecular complexity index is 969. The third-order valence-corrected chi connectivity index (χ3v) is 4.56. The van der Waals surface area contributed by atoms with E-state index in [1.165, 1.54) is 31.2 Å². The monoisotopic (exact) mass is 384 g/mol. The van der Waals surface area contributed by atoms with Crippen molar-refractivity contribution in [2.45, 2.75) is 13.0 Å². The predicted octanol–water partition coefficient (Wildman–Crippen LogP) is 2.56. The van der Waals surface area contributed by atoms with Gasteiger partial charge >= 0.3 is 5.97 Å². The van der Waals surface area contributed by atoms with Crippen LogP contribution < -0.4 is 9.64 Å². The number of esters is 1.